The Balaban J connectivity index is 1.92. The number of halogens is 2. The highest BCUT2D eigenvalue weighted by Gasteiger charge is 2.52. The van der Waals surface area contributed by atoms with Crippen molar-refractivity contribution in [2.75, 3.05) is 6.61 Å². The third-order valence-electron chi connectivity index (χ3n) is 7.18. The first-order valence-electron chi connectivity index (χ1n) is 12.3. The number of carbonyl (C=O) groups is 1. The molecule has 2 aliphatic heterocycles. The van der Waals surface area contributed by atoms with Gasteiger partial charge in [-0.05, 0) is 68.5 Å². The van der Waals surface area contributed by atoms with E-state index in [0.717, 1.165) is 11.1 Å². The van der Waals surface area contributed by atoms with Crippen LogP contribution in [0.15, 0.2) is 66.2 Å². The maximum Gasteiger partial charge on any atom is 0.230 e. The molecule has 4 atom stereocenters. The summed E-state index contributed by atoms with van der Waals surface area (Å²) in [5.41, 5.74) is 1.22. The summed E-state index contributed by atoms with van der Waals surface area (Å²) in [5.74, 6) is 0.748. The fraction of sp³-hybridized carbons (Fsp3) is 0.448. The lowest BCUT2D eigenvalue weighted by atomic mass is 9.67. The minimum Gasteiger partial charge on any atom is -0.477 e. The second-order valence-corrected chi connectivity index (χ2v) is 11.5. The minimum absolute atomic E-state index is 0.0154. The molecule has 0 unspecified atom stereocenters. The Kier molecular flexibility index (Phi) is 7.36. The van der Waals surface area contributed by atoms with Crippen LogP contribution in [0.1, 0.15) is 70.0 Å². The third kappa shape index (κ3) is 5.15. The first-order chi connectivity index (χ1) is 16.6. The number of likely N-dealkylation sites (tertiary alicyclic amines) is 1. The molecule has 2 aliphatic rings. The molecule has 0 radical (unpaired) electrons. The van der Waals surface area contributed by atoms with E-state index in [9.17, 15) is 4.79 Å². The molecule has 0 spiro atoms. The quantitative estimate of drug-likeness (QED) is 0.358. The van der Waals surface area contributed by atoms with Crippen LogP contribution in [0.3, 0.4) is 0 Å². The summed E-state index contributed by atoms with van der Waals surface area (Å²) in [6.07, 6.45) is 3.80. The minimum atomic E-state index is -0.611. The Morgan fingerprint density at radius 2 is 1.86 bits per heavy atom. The number of allylic oxidation sites excluding steroid dienone is 1. The maximum atomic E-state index is 14.4. The summed E-state index contributed by atoms with van der Waals surface area (Å²) in [4.78, 5) is 21.3. The average Bonchev–Trinajstić information content (AvgIpc) is 3.17. The van der Waals surface area contributed by atoms with Crippen LogP contribution >= 0.6 is 23.2 Å². The molecule has 2 aromatic carbocycles. The van der Waals surface area contributed by atoms with Gasteiger partial charge in [0.25, 0.3) is 0 Å². The zero-order valence-corrected chi connectivity index (χ0v) is 22.4. The molecule has 1 fully saturated rings. The standard InChI is InChI=1S/C29H34Cl2N2O2/c1-6-15-29(5)17-23(20-9-8-10-22(31)16-20)25(19-11-13-21(30)14-12-19)33(27(29)34)24(7-2)26-32-28(3,4)18-35-26/h6,8-14,16,23-25H,1,7,15,17-18H2,2-5H3/t23-,24+,25-,29+/m1/s1. The molecule has 35 heavy (non-hydrogen) atoms. The molecule has 1 saturated heterocycles. The number of benzene rings is 2. The van der Waals surface area contributed by atoms with E-state index in [0.29, 0.717) is 41.8 Å². The van der Waals surface area contributed by atoms with E-state index in [1.807, 2.05) is 60.4 Å². The number of rotatable bonds is 7. The largest absolute Gasteiger partial charge is 0.477 e. The number of carbonyl (C=O) groups excluding carboxylic acids is 1. The molecule has 0 saturated carbocycles. The molecular weight excluding hydrogens is 479 g/mol. The molecule has 4 rings (SSSR count). The van der Waals surface area contributed by atoms with Gasteiger partial charge < -0.3 is 9.64 Å². The number of aliphatic imine (C=N–C) groups is 1. The zero-order chi connectivity index (χ0) is 25.4. The van der Waals surface area contributed by atoms with Crippen molar-refractivity contribution in [1.82, 2.24) is 4.90 Å². The van der Waals surface area contributed by atoms with Crippen molar-refractivity contribution < 1.29 is 9.53 Å². The molecule has 0 aliphatic carbocycles. The first-order valence-corrected chi connectivity index (χ1v) is 13.0. The number of piperidine rings is 1. The van der Waals surface area contributed by atoms with Crippen LogP contribution in [-0.4, -0.2) is 34.9 Å². The van der Waals surface area contributed by atoms with Gasteiger partial charge >= 0.3 is 0 Å². The molecule has 0 N–H and O–H groups in total. The summed E-state index contributed by atoms with van der Waals surface area (Å²) in [5, 5.41) is 1.35. The summed E-state index contributed by atoms with van der Waals surface area (Å²) in [6.45, 7) is 12.7. The SMILES string of the molecule is C=CC[C@@]1(C)C[C@H](c2cccc(Cl)c2)[C@@H](c2ccc(Cl)cc2)N([C@@H](CC)C2=NC(C)(C)CO2)C1=O. The number of amides is 1. The van der Waals surface area contributed by atoms with Crippen LogP contribution in [0.5, 0.6) is 0 Å². The fourth-order valence-corrected chi connectivity index (χ4v) is 5.83. The van der Waals surface area contributed by atoms with E-state index < -0.39 is 5.41 Å². The molecule has 1 amide bonds. The number of ether oxygens (including phenoxy) is 1. The molecule has 186 valence electrons. The van der Waals surface area contributed by atoms with Crippen molar-refractivity contribution in [3.8, 4) is 0 Å². The Morgan fingerprint density at radius 3 is 2.43 bits per heavy atom. The van der Waals surface area contributed by atoms with E-state index in [1.54, 1.807) is 0 Å². The second kappa shape index (κ2) is 9.99. The Labute approximate surface area is 219 Å². The lowest BCUT2D eigenvalue weighted by Crippen LogP contribution is -2.57. The van der Waals surface area contributed by atoms with E-state index in [-0.39, 0.29) is 29.4 Å². The summed E-state index contributed by atoms with van der Waals surface area (Å²) >= 11 is 12.7. The van der Waals surface area contributed by atoms with Gasteiger partial charge in [-0.2, -0.15) is 0 Å². The van der Waals surface area contributed by atoms with Crippen LogP contribution in [0.4, 0.5) is 0 Å². The van der Waals surface area contributed by atoms with Gasteiger partial charge in [-0.1, -0.05) is 67.4 Å². The monoisotopic (exact) mass is 512 g/mol. The first kappa shape index (κ1) is 25.8. The van der Waals surface area contributed by atoms with Crippen LogP contribution in [0.25, 0.3) is 0 Å². The van der Waals surface area contributed by atoms with Gasteiger partial charge in [-0.15, -0.1) is 6.58 Å². The van der Waals surface area contributed by atoms with Gasteiger partial charge in [0.2, 0.25) is 11.8 Å². The number of nitrogens with zero attached hydrogens (tertiary/aromatic N) is 2. The lowest BCUT2D eigenvalue weighted by molar-refractivity contribution is -0.153. The normalized spacial score (nSPS) is 26.7. The Morgan fingerprint density at radius 1 is 1.14 bits per heavy atom. The van der Waals surface area contributed by atoms with Crippen LogP contribution in [-0.2, 0) is 9.53 Å². The predicted molar refractivity (Wildman–Crippen MR) is 144 cm³/mol. The highest BCUT2D eigenvalue weighted by Crippen LogP contribution is 2.52. The van der Waals surface area contributed by atoms with Gasteiger partial charge in [0.15, 0.2) is 0 Å². The van der Waals surface area contributed by atoms with Crippen molar-refractivity contribution in [1.29, 1.82) is 0 Å². The summed E-state index contributed by atoms with van der Waals surface area (Å²) in [6, 6.07) is 15.3. The van der Waals surface area contributed by atoms with E-state index >= 15 is 0 Å². The highest BCUT2D eigenvalue weighted by molar-refractivity contribution is 6.30. The fourth-order valence-electron chi connectivity index (χ4n) is 5.51. The molecule has 2 heterocycles. The van der Waals surface area contributed by atoms with Crippen LogP contribution < -0.4 is 0 Å². The lowest BCUT2D eigenvalue weighted by Gasteiger charge is -2.51. The molecular formula is C29H34Cl2N2O2. The number of hydrogen-bond acceptors (Lipinski definition) is 3. The summed E-state index contributed by atoms with van der Waals surface area (Å²) in [7, 11) is 0. The maximum absolute atomic E-state index is 14.4. The third-order valence-corrected chi connectivity index (χ3v) is 7.67. The Bertz CT molecular complexity index is 1130. The molecule has 6 heteroatoms. The predicted octanol–water partition coefficient (Wildman–Crippen LogP) is 7.62. The second-order valence-electron chi connectivity index (χ2n) is 10.6. The molecule has 0 aromatic heterocycles. The van der Waals surface area contributed by atoms with E-state index in [1.165, 1.54) is 0 Å². The van der Waals surface area contributed by atoms with Crippen molar-refractivity contribution >= 4 is 35.0 Å². The molecule has 2 aromatic rings. The van der Waals surface area contributed by atoms with Gasteiger partial charge in [0.1, 0.15) is 12.6 Å². The van der Waals surface area contributed by atoms with Crippen molar-refractivity contribution in [2.24, 2.45) is 10.4 Å². The number of hydrogen-bond donors (Lipinski definition) is 0. The average molecular weight is 514 g/mol. The van der Waals surface area contributed by atoms with E-state index in [2.05, 4.69) is 33.4 Å². The van der Waals surface area contributed by atoms with Crippen LogP contribution in [0.2, 0.25) is 10.0 Å². The highest BCUT2D eigenvalue weighted by atomic mass is 35.5. The summed E-state index contributed by atoms with van der Waals surface area (Å²) < 4.78 is 6.11. The van der Waals surface area contributed by atoms with Gasteiger partial charge in [-0.3, -0.25) is 4.79 Å². The van der Waals surface area contributed by atoms with Gasteiger partial charge in [0, 0.05) is 16.0 Å². The molecule has 4 nitrogen and oxygen atoms in total. The molecule has 0 bridgehead atoms. The van der Waals surface area contributed by atoms with E-state index in [4.69, 9.17) is 32.9 Å². The topological polar surface area (TPSA) is 41.9 Å². The van der Waals surface area contributed by atoms with Crippen molar-refractivity contribution in [2.45, 2.75) is 70.5 Å². The van der Waals surface area contributed by atoms with Crippen molar-refractivity contribution in [3.63, 3.8) is 0 Å². The zero-order valence-electron chi connectivity index (χ0n) is 20.9. The van der Waals surface area contributed by atoms with Gasteiger partial charge in [0.05, 0.1) is 17.0 Å². The van der Waals surface area contributed by atoms with Crippen LogP contribution in [0, 0.1) is 5.41 Å². The van der Waals surface area contributed by atoms with Gasteiger partial charge in [-0.25, -0.2) is 4.99 Å². The van der Waals surface area contributed by atoms with Crippen molar-refractivity contribution in [3.05, 3.63) is 82.4 Å². The smallest absolute Gasteiger partial charge is 0.230 e. The Hall–Kier alpha value is -2.30.